The van der Waals surface area contributed by atoms with Crippen LogP contribution in [0.25, 0.3) is 0 Å². The summed E-state index contributed by atoms with van der Waals surface area (Å²) in [6.07, 6.45) is 2.37. The predicted molar refractivity (Wildman–Crippen MR) is 89.3 cm³/mol. The lowest BCUT2D eigenvalue weighted by molar-refractivity contribution is -0.385. The van der Waals surface area contributed by atoms with Gasteiger partial charge in [-0.25, -0.2) is 0 Å². The molecular formula is C16H24N4O3. The highest BCUT2D eigenvalue weighted by molar-refractivity contribution is 5.59. The molecule has 1 atom stereocenters. The first-order valence-corrected chi connectivity index (χ1v) is 8.21. The van der Waals surface area contributed by atoms with E-state index in [1.54, 1.807) is 12.1 Å². The van der Waals surface area contributed by atoms with Crippen LogP contribution in [-0.4, -0.2) is 62.2 Å². The summed E-state index contributed by atoms with van der Waals surface area (Å²) >= 11 is 0. The van der Waals surface area contributed by atoms with Gasteiger partial charge in [-0.05, 0) is 18.9 Å². The molecule has 2 heterocycles. The van der Waals surface area contributed by atoms with Gasteiger partial charge in [-0.1, -0.05) is 0 Å². The minimum absolute atomic E-state index is 0.0203. The van der Waals surface area contributed by atoms with Gasteiger partial charge >= 0.3 is 5.69 Å². The maximum Gasteiger partial charge on any atom is 0.311 e. The number of nitrogens with zero attached hydrogens (tertiary/aromatic N) is 3. The summed E-state index contributed by atoms with van der Waals surface area (Å²) in [5, 5.41) is 14.4. The van der Waals surface area contributed by atoms with E-state index in [1.165, 1.54) is 13.5 Å². The Hall–Kier alpha value is -1.86. The van der Waals surface area contributed by atoms with Crippen molar-refractivity contribution in [1.82, 2.24) is 10.2 Å². The van der Waals surface area contributed by atoms with E-state index < -0.39 is 4.92 Å². The molecule has 7 heteroatoms. The Labute approximate surface area is 136 Å². The van der Waals surface area contributed by atoms with Crippen LogP contribution in [0.5, 0.6) is 5.75 Å². The molecule has 126 valence electrons. The van der Waals surface area contributed by atoms with Gasteiger partial charge in [-0.15, -0.1) is 0 Å². The second-order valence-corrected chi connectivity index (χ2v) is 6.14. The molecule has 2 fully saturated rings. The summed E-state index contributed by atoms with van der Waals surface area (Å²) in [4.78, 5) is 15.5. The summed E-state index contributed by atoms with van der Waals surface area (Å²) in [5.74, 6) is 0.330. The SMILES string of the molecule is COc1cc(N2CCCC(N3CCNCC3)C2)ccc1[N+](=O)[O-]. The third-order valence-corrected chi connectivity index (χ3v) is 4.79. The van der Waals surface area contributed by atoms with Crippen molar-refractivity contribution >= 4 is 11.4 Å². The van der Waals surface area contributed by atoms with Crippen LogP contribution in [0.3, 0.4) is 0 Å². The van der Waals surface area contributed by atoms with Crippen LogP contribution in [0.15, 0.2) is 18.2 Å². The zero-order chi connectivity index (χ0) is 16.2. The molecular weight excluding hydrogens is 296 g/mol. The fraction of sp³-hybridized carbons (Fsp3) is 0.625. The minimum Gasteiger partial charge on any atom is -0.490 e. The summed E-state index contributed by atoms with van der Waals surface area (Å²) in [5.41, 5.74) is 1.03. The fourth-order valence-corrected chi connectivity index (χ4v) is 3.55. The molecule has 0 saturated carbocycles. The maximum absolute atomic E-state index is 11.0. The summed E-state index contributed by atoms with van der Waals surface area (Å²) in [6.45, 7) is 6.28. The van der Waals surface area contributed by atoms with Crippen LogP contribution >= 0.6 is 0 Å². The zero-order valence-electron chi connectivity index (χ0n) is 13.5. The van der Waals surface area contributed by atoms with Crippen molar-refractivity contribution in [1.29, 1.82) is 0 Å². The first kappa shape index (κ1) is 16.0. The largest absolute Gasteiger partial charge is 0.490 e. The molecule has 0 aromatic heterocycles. The van der Waals surface area contributed by atoms with E-state index in [9.17, 15) is 10.1 Å². The third-order valence-electron chi connectivity index (χ3n) is 4.79. The Kier molecular flexibility index (Phi) is 4.97. The second kappa shape index (κ2) is 7.14. The molecule has 1 unspecified atom stereocenters. The smallest absolute Gasteiger partial charge is 0.311 e. The van der Waals surface area contributed by atoms with Crippen LogP contribution in [0.2, 0.25) is 0 Å². The van der Waals surface area contributed by atoms with E-state index in [4.69, 9.17) is 4.74 Å². The Morgan fingerprint density at radius 1 is 1.30 bits per heavy atom. The molecule has 2 aliphatic rings. The fourth-order valence-electron chi connectivity index (χ4n) is 3.55. The molecule has 1 aromatic rings. The first-order valence-electron chi connectivity index (χ1n) is 8.21. The standard InChI is InChI=1S/C16H24N4O3/c1-23-16-11-13(4-5-15(16)20(21)22)19-8-2-3-14(12-19)18-9-6-17-7-10-18/h4-5,11,14,17H,2-3,6-10,12H2,1H3. The molecule has 2 aliphatic heterocycles. The number of rotatable bonds is 4. The minimum atomic E-state index is -0.400. The summed E-state index contributed by atoms with van der Waals surface area (Å²) in [7, 11) is 1.48. The topological polar surface area (TPSA) is 70.9 Å². The van der Waals surface area contributed by atoms with E-state index in [2.05, 4.69) is 15.1 Å². The number of anilines is 1. The Bertz CT molecular complexity index is 560. The molecule has 1 N–H and O–H groups in total. The average Bonchev–Trinajstić information content (AvgIpc) is 2.62. The number of methoxy groups -OCH3 is 1. The second-order valence-electron chi connectivity index (χ2n) is 6.14. The van der Waals surface area contributed by atoms with Gasteiger partial charge in [0.05, 0.1) is 12.0 Å². The van der Waals surface area contributed by atoms with Crippen LogP contribution < -0.4 is 15.0 Å². The Morgan fingerprint density at radius 3 is 2.78 bits per heavy atom. The van der Waals surface area contributed by atoms with E-state index in [1.807, 2.05) is 6.07 Å². The number of nitro groups is 1. The molecule has 2 saturated heterocycles. The molecule has 1 aromatic carbocycles. The van der Waals surface area contributed by atoms with Crippen molar-refractivity contribution in [3.8, 4) is 5.75 Å². The van der Waals surface area contributed by atoms with E-state index in [0.717, 1.165) is 51.4 Å². The van der Waals surface area contributed by atoms with E-state index in [0.29, 0.717) is 11.8 Å². The molecule has 3 rings (SSSR count). The highest BCUT2D eigenvalue weighted by atomic mass is 16.6. The maximum atomic E-state index is 11.0. The lowest BCUT2D eigenvalue weighted by atomic mass is 10.0. The highest BCUT2D eigenvalue weighted by Crippen LogP contribution is 2.32. The molecule has 0 aliphatic carbocycles. The average molecular weight is 320 g/mol. The van der Waals surface area contributed by atoms with Gasteiger partial charge in [0.25, 0.3) is 0 Å². The molecule has 7 nitrogen and oxygen atoms in total. The summed E-state index contributed by atoms with van der Waals surface area (Å²) < 4.78 is 5.19. The van der Waals surface area contributed by atoms with Gasteiger partial charge in [0.15, 0.2) is 5.75 Å². The van der Waals surface area contributed by atoms with Gasteiger partial charge < -0.3 is 15.0 Å². The number of hydrogen-bond acceptors (Lipinski definition) is 6. The van der Waals surface area contributed by atoms with E-state index >= 15 is 0 Å². The quantitative estimate of drug-likeness (QED) is 0.669. The van der Waals surface area contributed by atoms with Crippen LogP contribution in [0.1, 0.15) is 12.8 Å². The van der Waals surface area contributed by atoms with Gasteiger partial charge in [0.1, 0.15) is 0 Å². The third kappa shape index (κ3) is 3.56. The van der Waals surface area contributed by atoms with Gasteiger partial charge in [-0.3, -0.25) is 15.0 Å². The van der Waals surface area contributed by atoms with E-state index in [-0.39, 0.29) is 5.69 Å². The lowest BCUT2D eigenvalue weighted by Gasteiger charge is -2.42. The summed E-state index contributed by atoms with van der Waals surface area (Å²) in [6, 6.07) is 5.73. The van der Waals surface area contributed by atoms with Crippen molar-refractivity contribution in [2.45, 2.75) is 18.9 Å². The number of piperazine rings is 1. The number of nitro benzene ring substituents is 1. The van der Waals surface area contributed by atoms with Crippen molar-refractivity contribution in [3.05, 3.63) is 28.3 Å². The van der Waals surface area contributed by atoms with Gasteiger partial charge in [0.2, 0.25) is 0 Å². The van der Waals surface area contributed by atoms with Crippen LogP contribution in [0, 0.1) is 10.1 Å². The van der Waals surface area contributed by atoms with Gasteiger partial charge in [0, 0.05) is 63.1 Å². The number of piperidine rings is 1. The molecule has 0 amide bonds. The molecule has 23 heavy (non-hydrogen) atoms. The Morgan fingerprint density at radius 2 is 2.09 bits per heavy atom. The number of nitrogens with one attached hydrogen (secondary N) is 1. The Balaban J connectivity index is 1.74. The zero-order valence-corrected chi connectivity index (χ0v) is 13.5. The van der Waals surface area contributed by atoms with Crippen molar-refractivity contribution in [2.75, 3.05) is 51.3 Å². The van der Waals surface area contributed by atoms with Crippen LogP contribution in [0.4, 0.5) is 11.4 Å². The predicted octanol–water partition coefficient (Wildman–Crippen LogP) is 1.48. The first-order chi connectivity index (χ1) is 11.2. The van der Waals surface area contributed by atoms with Crippen molar-refractivity contribution in [2.24, 2.45) is 0 Å². The monoisotopic (exact) mass is 320 g/mol. The normalized spacial score (nSPS) is 22.8. The van der Waals surface area contributed by atoms with Crippen molar-refractivity contribution < 1.29 is 9.66 Å². The molecule has 0 bridgehead atoms. The van der Waals surface area contributed by atoms with Gasteiger partial charge in [-0.2, -0.15) is 0 Å². The number of hydrogen-bond donors (Lipinski definition) is 1. The highest BCUT2D eigenvalue weighted by Gasteiger charge is 2.27. The molecule has 0 spiro atoms. The number of ether oxygens (including phenoxy) is 1. The van der Waals surface area contributed by atoms with Crippen molar-refractivity contribution in [3.63, 3.8) is 0 Å². The number of benzene rings is 1. The van der Waals surface area contributed by atoms with Crippen LogP contribution in [-0.2, 0) is 0 Å². The molecule has 0 radical (unpaired) electrons. The lowest BCUT2D eigenvalue weighted by Crippen LogP contribution is -2.54.